The maximum Gasteiger partial charge on any atom is 0.254 e. The molecule has 0 fully saturated rings. The van der Waals surface area contributed by atoms with Gasteiger partial charge in [-0.3, -0.25) is 4.79 Å². The Hall–Kier alpha value is -2.95. The second kappa shape index (κ2) is 8.38. The van der Waals surface area contributed by atoms with E-state index in [0.29, 0.717) is 29.4 Å². The molecule has 0 radical (unpaired) electrons. The third kappa shape index (κ3) is 3.70. The minimum absolute atomic E-state index is 0.0358. The number of hydrogen-bond donors (Lipinski definition) is 0. The second-order valence-corrected chi connectivity index (χ2v) is 7.02. The van der Waals surface area contributed by atoms with Gasteiger partial charge in [-0.15, -0.1) is 0 Å². The maximum absolute atomic E-state index is 13.4. The molecule has 2 aromatic carbocycles. The van der Waals surface area contributed by atoms with Crippen LogP contribution in [0.3, 0.4) is 0 Å². The van der Waals surface area contributed by atoms with E-state index in [0.717, 1.165) is 17.5 Å². The molecule has 1 aliphatic rings. The van der Waals surface area contributed by atoms with Crippen LogP contribution in [-0.4, -0.2) is 44.7 Å². The van der Waals surface area contributed by atoms with Crippen LogP contribution in [-0.2, 0) is 11.2 Å². The number of benzene rings is 2. The van der Waals surface area contributed by atoms with Crippen molar-refractivity contribution in [1.29, 1.82) is 0 Å². The first-order chi connectivity index (χ1) is 13.5. The molecule has 3 rings (SSSR count). The molecular formula is C23H27NO4. The average molecular weight is 381 g/mol. The highest BCUT2D eigenvalue weighted by molar-refractivity contribution is 6.25. The largest absolute Gasteiger partial charge is 0.493 e. The van der Waals surface area contributed by atoms with Crippen molar-refractivity contribution in [3.63, 3.8) is 0 Å². The van der Waals surface area contributed by atoms with Gasteiger partial charge in [-0.1, -0.05) is 24.3 Å². The summed E-state index contributed by atoms with van der Waals surface area (Å²) < 4.78 is 16.3. The predicted octanol–water partition coefficient (Wildman–Crippen LogP) is 4.05. The zero-order valence-electron chi connectivity index (χ0n) is 17.1. The van der Waals surface area contributed by atoms with Crippen LogP contribution in [0.4, 0.5) is 0 Å². The highest BCUT2D eigenvalue weighted by Crippen LogP contribution is 2.39. The summed E-state index contributed by atoms with van der Waals surface area (Å²) in [5, 5.41) is 0. The minimum Gasteiger partial charge on any atom is -0.493 e. The number of amides is 1. The molecule has 0 saturated carbocycles. The van der Waals surface area contributed by atoms with E-state index >= 15 is 0 Å². The number of carbonyl (C=O) groups excluding carboxylic acids is 1. The molecule has 1 amide bonds. The first kappa shape index (κ1) is 19.8. The van der Waals surface area contributed by atoms with Crippen molar-refractivity contribution in [2.75, 3.05) is 27.9 Å². The van der Waals surface area contributed by atoms with Crippen molar-refractivity contribution in [3.05, 3.63) is 53.1 Å². The van der Waals surface area contributed by atoms with Gasteiger partial charge >= 0.3 is 0 Å². The van der Waals surface area contributed by atoms with Crippen molar-refractivity contribution >= 4 is 17.6 Å². The standard InChI is InChI=1S/C23H27NO4/c1-15(2)24-11-10-17-8-6-7-9-18(17)19(23(24)25)12-16-13-20(26-3)22(28-5)21(14-16)27-4/h6-9,12-15H,10-11H2,1-5H3/b19-12-. The Bertz CT molecular complexity index is 876. The molecule has 0 unspecified atom stereocenters. The van der Waals surface area contributed by atoms with E-state index in [-0.39, 0.29) is 11.9 Å². The molecular weight excluding hydrogens is 354 g/mol. The van der Waals surface area contributed by atoms with Crippen LogP contribution in [0.1, 0.15) is 30.5 Å². The summed E-state index contributed by atoms with van der Waals surface area (Å²) in [5.41, 5.74) is 3.65. The van der Waals surface area contributed by atoms with Crippen LogP contribution in [0.2, 0.25) is 0 Å². The van der Waals surface area contributed by atoms with Gasteiger partial charge in [0.05, 0.1) is 21.3 Å². The predicted molar refractivity (Wildman–Crippen MR) is 111 cm³/mol. The molecule has 1 heterocycles. The lowest BCUT2D eigenvalue weighted by atomic mass is 9.96. The van der Waals surface area contributed by atoms with Gasteiger partial charge in [0.1, 0.15) is 0 Å². The smallest absolute Gasteiger partial charge is 0.254 e. The molecule has 0 spiro atoms. The molecule has 0 saturated heterocycles. The Kier molecular flexibility index (Phi) is 5.93. The monoisotopic (exact) mass is 381 g/mol. The molecule has 2 aromatic rings. The van der Waals surface area contributed by atoms with E-state index in [4.69, 9.17) is 14.2 Å². The molecule has 0 aliphatic carbocycles. The molecule has 0 aromatic heterocycles. The summed E-state index contributed by atoms with van der Waals surface area (Å²) in [6.45, 7) is 4.80. The maximum atomic E-state index is 13.4. The van der Waals surface area contributed by atoms with Gasteiger partial charge in [0.2, 0.25) is 5.75 Å². The first-order valence-corrected chi connectivity index (χ1v) is 9.41. The molecule has 0 atom stereocenters. The molecule has 0 N–H and O–H groups in total. The van der Waals surface area contributed by atoms with Crippen LogP contribution in [0.25, 0.3) is 11.6 Å². The van der Waals surface area contributed by atoms with Gasteiger partial charge in [-0.2, -0.15) is 0 Å². The number of hydrogen-bond acceptors (Lipinski definition) is 4. The molecule has 0 bridgehead atoms. The molecule has 28 heavy (non-hydrogen) atoms. The van der Waals surface area contributed by atoms with Crippen LogP contribution in [0.5, 0.6) is 17.2 Å². The topological polar surface area (TPSA) is 48.0 Å². The molecule has 148 valence electrons. The van der Waals surface area contributed by atoms with Crippen molar-refractivity contribution in [3.8, 4) is 17.2 Å². The summed E-state index contributed by atoms with van der Waals surface area (Å²) in [6, 6.07) is 11.9. The summed E-state index contributed by atoms with van der Waals surface area (Å²) in [5.74, 6) is 1.68. The lowest BCUT2D eigenvalue weighted by Crippen LogP contribution is -2.37. The van der Waals surface area contributed by atoms with Gasteiger partial charge in [-0.05, 0) is 55.2 Å². The van der Waals surface area contributed by atoms with Crippen LogP contribution in [0.15, 0.2) is 36.4 Å². The second-order valence-electron chi connectivity index (χ2n) is 7.02. The fourth-order valence-electron chi connectivity index (χ4n) is 3.60. The highest BCUT2D eigenvalue weighted by atomic mass is 16.5. The van der Waals surface area contributed by atoms with Crippen molar-refractivity contribution in [2.45, 2.75) is 26.3 Å². The van der Waals surface area contributed by atoms with Crippen LogP contribution in [0, 0.1) is 0 Å². The van der Waals surface area contributed by atoms with E-state index < -0.39 is 0 Å². The minimum atomic E-state index is 0.0358. The Morgan fingerprint density at radius 2 is 1.64 bits per heavy atom. The lowest BCUT2D eigenvalue weighted by molar-refractivity contribution is -0.126. The number of nitrogens with zero attached hydrogens (tertiary/aromatic N) is 1. The average Bonchev–Trinajstić information content (AvgIpc) is 2.84. The Labute approximate surface area is 166 Å². The third-order valence-electron chi connectivity index (χ3n) is 5.04. The SMILES string of the molecule is COc1cc(/C=C2\C(=O)N(C(C)C)CCc3ccccc32)cc(OC)c1OC. The number of carbonyl (C=O) groups is 1. The fourth-order valence-corrected chi connectivity index (χ4v) is 3.60. The van der Waals surface area contributed by atoms with Gasteiger partial charge < -0.3 is 19.1 Å². The quantitative estimate of drug-likeness (QED) is 0.733. The Morgan fingerprint density at radius 3 is 2.21 bits per heavy atom. The number of rotatable bonds is 5. The van der Waals surface area contributed by atoms with Crippen molar-refractivity contribution in [2.24, 2.45) is 0 Å². The summed E-state index contributed by atoms with van der Waals surface area (Å²) in [4.78, 5) is 15.3. The highest BCUT2D eigenvalue weighted by Gasteiger charge is 2.27. The van der Waals surface area contributed by atoms with Crippen molar-refractivity contribution < 1.29 is 19.0 Å². The lowest BCUT2D eigenvalue weighted by Gasteiger charge is -2.25. The van der Waals surface area contributed by atoms with Crippen LogP contribution < -0.4 is 14.2 Å². The van der Waals surface area contributed by atoms with E-state index in [9.17, 15) is 4.79 Å². The van der Waals surface area contributed by atoms with Gasteiger partial charge in [-0.25, -0.2) is 0 Å². The van der Waals surface area contributed by atoms with Gasteiger partial charge in [0, 0.05) is 18.2 Å². The zero-order valence-corrected chi connectivity index (χ0v) is 17.1. The molecule has 1 aliphatic heterocycles. The molecule has 5 heteroatoms. The van der Waals surface area contributed by atoms with Crippen LogP contribution >= 0.6 is 0 Å². The van der Waals surface area contributed by atoms with E-state index in [1.54, 1.807) is 21.3 Å². The van der Waals surface area contributed by atoms with Gasteiger partial charge in [0.25, 0.3) is 5.91 Å². The number of fused-ring (bicyclic) bond motifs is 1. The van der Waals surface area contributed by atoms with Gasteiger partial charge in [0.15, 0.2) is 11.5 Å². The van der Waals surface area contributed by atoms with E-state index in [2.05, 4.69) is 6.07 Å². The Morgan fingerprint density at radius 1 is 1.00 bits per heavy atom. The summed E-state index contributed by atoms with van der Waals surface area (Å²) >= 11 is 0. The van der Waals surface area contributed by atoms with E-state index in [1.165, 1.54) is 5.56 Å². The first-order valence-electron chi connectivity index (χ1n) is 9.41. The van der Waals surface area contributed by atoms with E-state index in [1.807, 2.05) is 55.2 Å². The zero-order chi connectivity index (χ0) is 20.3. The van der Waals surface area contributed by atoms with Crippen molar-refractivity contribution in [1.82, 2.24) is 4.90 Å². The summed E-state index contributed by atoms with van der Waals surface area (Å²) in [7, 11) is 4.74. The number of ether oxygens (including phenoxy) is 3. The normalized spacial score (nSPS) is 15.4. The third-order valence-corrected chi connectivity index (χ3v) is 5.04. The molecule has 5 nitrogen and oxygen atoms in total. The Balaban J connectivity index is 2.18. The number of methoxy groups -OCH3 is 3. The summed E-state index contributed by atoms with van der Waals surface area (Å²) in [6.07, 6.45) is 2.75. The fraction of sp³-hybridized carbons (Fsp3) is 0.348.